The number of benzene rings is 1. The Kier molecular flexibility index (Phi) is 5.75. The minimum atomic E-state index is 0.216. The van der Waals surface area contributed by atoms with E-state index < -0.39 is 0 Å². The molecule has 94 valence electrons. The molecule has 0 spiro atoms. The average Bonchev–Trinajstić information content (AvgIpc) is 2.32. The van der Waals surface area contributed by atoms with E-state index in [0.717, 1.165) is 24.0 Å². The molecule has 0 amide bonds. The first-order valence-corrected chi connectivity index (χ1v) is 6.54. The van der Waals surface area contributed by atoms with Crippen LogP contribution >= 0.6 is 0 Å². The maximum atomic E-state index is 11.9. The Morgan fingerprint density at radius 1 is 1.18 bits per heavy atom. The Hall–Kier alpha value is -1.31. The fraction of sp³-hybridized carbons (Fsp3) is 0.533. The number of aryl methyl sites for hydroxylation is 1. The van der Waals surface area contributed by atoms with E-state index in [-0.39, 0.29) is 5.78 Å². The van der Waals surface area contributed by atoms with Crippen molar-refractivity contribution in [3.05, 3.63) is 29.3 Å². The van der Waals surface area contributed by atoms with Crippen molar-refractivity contribution in [2.24, 2.45) is 0 Å². The van der Waals surface area contributed by atoms with Gasteiger partial charge in [-0.25, -0.2) is 0 Å². The Bertz CT molecular complexity index is 371. The summed E-state index contributed by atoms with van der Waals surface area (Å²) < 4.78 is 0. The molecule has 1 rings (SSSR count). The lowest BCUT2D eigenvalue weighted by Crippen LogP contribution is -2.01. The molecular weight excluding hydrogens is 210 g/mol. The number of carbonyl (C=O) groups excluding carboxylic acids is 1. The van der Waals surface area contributed by atoms with Crippen LogP contribution in [0.3, 0.4) is 0 Å². The number of Topliss-reactive ketones (excluding diaryl/α,β-unsaturated/α-hetero) is 1. The molecule has 1 aromatic carbocycles. The van der Waals surface area contributed by atoms with Crippen molar-refractivity contribution in [2.45, 2.75) is 52.4 Å². The number of unbranched alkanes of at least 4 members (excludes halogenated alkanes) is 4. The van der Waals surface area contributed by atoms with Gasteiger partial charge in [0.25, 0.3) is 0 Å². The second-order valence-electron chi connectivity index (χ2n) is 4.66. The average molecular weight is 233 g/mol. The highest BCUT2D eigenvalue weighted by atomic mass is 16.1. The molecule has 0 atom stereocenters. The SMILES string of the molecule is CCCCCCCC(=O)c1ccc(C)c(N)c1. The molecule has 17 heavy (non-hydrogen) atoms. The molecule has 0 aliphatic heterocycles. The molecule has 0 saturated heterocycles. The number of carbonyl (C=O) groups is 1. The zero-order valence-electron chi connectivity index (χ0n) is 11.0. The van der Waals surface area contributed by atoms with Crippen LogP contribution in [0.15, 0.2) is 18.2 Å². The highest BCUT2D eigenvalue weighted by molar-refractivity contribution is 5.96. The van der Waals surface area contributed by atoms with Gasteiger partial charge in [-0.3, -0.25) is 4.79 Å². The fourth-order valence-electron chi connectivity index (χ4n) is 1.85. The minimum Gasteiger partial charge on any atom is -0.398 e. The molecule has 0 radical (unpaired) electrons. The van der Waals surface area contributed by atoms with Gasteiger partial charge in [0.05, 0.1) is 0 Å². The van der Waals surface area contributed by atoms with Crippen LogP contribution in [0.2, 0.25) is 0 Å². The molecule has 1 aromatic rings. The summed E-state index contributed by atoms with van der Waals surface area (Å²) in [5, 5.41) is 0. The normalized spacial score (nSPS) is 10.5. The highest BCUT2D eigenvalue weighted by Gasteiger charge is 2.06. The zero-order valence-corrected chi connectivity index (χ0v) is 11.0. The van der Waals surface area contributed by atoms with E-state index >= 15 is 0 Å². The van der Waals surface area contributed by atoms with Crippen molar-refractivity contribution in [1.29, 1.82) is 0 Å². The van der Waals surface area contributed by atoms with E-state index in [2.05, 4.69) is 6.92 Å². The number of hydrogen-bond acceptors (Lipinski definition) is 2. The first-order valence-electron chi connectivity index (χ1n) is 6.54. The third-order valence-corrected chi connectivity index (χ3v) is 3.11. The van der Waals surface area contributed by atoms with E-state index in [4.69, 9.17) is 5.73 Å². The third-order valence-electron chi connectivity index (χ3n) is 3.11. The number of anilines is 1. The second-order valence-corrected chi connectivity index (χ2v) is 4.66. The van der Waals surface area contributed by atoms with Gasteiger partial charge in [-0.15, -0.1) is 0 Å². The van der Waals surface area contributed by atoms with Gasteiger partial charge >= 0.3 is 0 Å². The van der Waals surface area contributed by atoms with Gasteiger partial charge in [0.1, 0.15) is 0 Å². The van der Waals surface area contributed by atoms with Crippen LogP contribution in [0.1, 0.15) is 61.4 Å². The zero-order chi connectivity index (χ0) is 12.7. The molecule has 2 nitrogen and oxygen atoms in total. The lowest BCUT2D eigenvalue weighted by Gasteiger charge is -2.04. The van der Waals surface area contributed by atoms with Crippen molar-refractivity contribution in [1.82, 2.24) is 0 Å². The maximum Gasteiger partial charge on any atom is 0.162 e. The van der Waals surface area contributed by atoms with Gasteiger partial charge < -0.3 is 5.73 Å². The van der Waals surface area contributed by atoms with E-state index in [0.29, 0.717) is 12.1 Å². The Morgan fingerprint density at radius 2 is 1.88 bits per heavy atom. The monoisotopic (exact) mass is 233 g/mol. The van der Waals surface area contributed by atoms with Crippen LogP contribution < -0.4 is 5.73 Å². The molecule has 2 heteroatoms. The Labute approximate surface area is 104 Å². The molecule has 0 heterocycles. The van der Waals surface area contributed by atoms with Gasteiger partial charge in [0.15, 0.2) is 5.78 Å². The quantitative estimate of drug-likeness (QED) is 0.437. The van der Waals surface area contributed by atoms with Gasteiger partial charge in [0, 0.05) is 17.7 Å². The summed E-state index contributed by atoms with van der Waals surface area (Å²) in [6.07, 6.45) is 6.54. The van der Waals surface area contributed by atoms with Crippen molar-refractivity contribution < 1.29 is 4.79 Å². The summed E-state index contributed by atoms with van der Waals surface area (Å²) in [4.78, 5) is 11.9. The topological polar surface area (TPSA) is 43.1 Å². The maximum absolute atomic E-state index is 11.9. The van der Waals surface area contributed by atoms with Crippen LogP contribution in [-0.4, -0.2) is 5.78 Å². The van der Waals surface area contributed by atoms with Crippen molar-refractivity contribution in [3.63, 3.8) is 0 Å². The third kappa shape index (κ3) is 4.59. The van der Waals surface area contributed by atoms with E-state index in [9.17, 15) is 4.79 Å². The number of rotatable bonds is 7. The molecule has 0 aliphatic carbocycles. The lowest BCUT2D eigenvalue weighted by molar-refractivity contribution is 0.0979. The van der Waals surface area contributed by atoms with Crippen molar-refractivity contribution in [2.75, 3.05) is 5.73 Å². The van der Waals surface area contributed by atoms with Crippen LogP contribution in [0.25, 0.3) is 0 Å². The van der Waals surface area contributed by atoms with E-state index in [1.807, 2.05) is 19.1 Å². The second kappa shape index (κ2) is 7.10. The summed E-state index contributed by atoms with van der Waals surface area (Å²) in [5.41, 5.74) is 8.30. The first kappa shape index (κ1) is 13.8. The Morgan fingerprint density at radius 3 is 2.53 bits per heavy atom. The van der Waals surface area contributed by atoms with Crippen molar-refractivity contribution >= 4 is 11.5 Å². The summed E-state index contributed by atoms with van der Waals surface area (Å²) >= 11 is 0. The molecule has 0 aromatic heterocycles. The number of hydrogen-bond donors (Lipinski definition) is 1. The lowest BCUT2D eigenvalue weighted by atomic mass is 10.0. The largest absolute Gasteiger partial charge is 0.398 e. The van der Waals surface area contributed by atoms with E-state index in [1.165, 1.54) is 19.3 Å². The van der Waals surface area contributed by atoms with Gasteiger partial charge in [-0.05, 0) is 25.0 Å². The van der Waals surface area contributed by atoms with E-state index in [1.54, 1.807) is 6.07 Å². The van der Waals surface area contributed by atoms with Crippen LogP contribution in [0.4, 0.5) is 5.69 Å². The molecule has 0 saturated carbocycles. The molecular formula is C15H23NO. The molecule has 0 fully saturated rings. The van der Waals surface area contributed by atoms with Gasteiger partial charge in [-0.2, -0.15) is 0 Å². The predicted molar refractivity (Wildman–Crippen MR) is 73.3 cm³/mol. The highest BCUT2D eigenvalue weighted by Crippen LogP contribution is 2.16. The number of nitrogens with two attached hydrogens (primary N) is 1. The fourth-order valence-corrected chi connectivity index (χ4v) is 1.85. The van der Waals surface area contributed by atoms with Gasteiger partial charge in [-0.1, -0.05) is 44.7 Å². The minimum absolute atomic E-state index is 0.216. The summed E-state index contributed by atoms with van der Waals surface area (Å²) in [7, 11) is 0. The smallest absolute Gasteiger partial charge is 0.162 e. The molecule has 0 bridgehead atoms. The summed E-state index contributed by atoms with van der Waals surface area (Å²) in [6, 6.07) is 5.59. The van der Waals surface area contributed by atoms with Crippen LogP contribution in [0.5, 0.6) is 0 Å². The molecule has 0 unspecified atom stereocenters. The van der Waals surface area contributed by atoms with Gasteiger partial charge in [0.2, 0.25) is 0 Å². The van der Waals surface area contributed by atoms with Crippen molar-refractivity contribution in [3.8, 4) is 0 Å². The number of ketones is 1. The first-order chi connectivity index (χ1) is 8.15. The van der Waals surface area contributed by atoms with Crippen LogP contribution in [-0.2, 0) is 0 Å². The molecule has 0 aliphatic rings. The predicted octanol–water partition coefficient (Wildman–Crippen LogP) is 4.12. The Balaban J connectivity index is 2.39. The molecule has 2 N–H and O–H groups in total. The summed E-state index contributed by atoms with van der Waals surface area (Å²) in [5.74, 6) is 0.216. The summed E-state index contributed by atoms with van der Waals surface area (Å²) in [6.45, 7) is 4.15. The standard InChI is InChI=1S/C15H23NO/c1-3-4-5-6-7-8-15(17)13-10-9-12(2)14(16)11-13/h9-11H,3-8,16H2,1-2H3. The number of nitrogen functional groups attached to an aromatic ring is 1. The van der Waals surface area contributed by atoms with Crippen LogP contribution in [0, 0.1) is 6.92 Å².